The number of rotatable bonds is 14. The van der Waals surface area contributed by atoms with Gasteiger partial charge in [-0.25, -0.2) is 4.79 Å². The summed E-state index contributed by atoms with van der Waals surface area (Å²) >= 11 is 0. The van der Waals surface area contributed by atoms with E-state index in [1.54, 1.807) is 6.34 Å². The monoisotopic (exact) mass is 342 g/mol. The van der Waals surface area contributed by atoms with Crippen molar-refractivity contribution in [3.63, 3.8) is 0 Å². The predicted molar refractivity (Wildman–Crippen MR) is 101 cm³/mol. The Hall–Kier alpha value is -1.10. The molecule has 5 nitrogen and oxygen atoms in total. The van der Waals surface area contributed by atoms with Crippen molar-refractivity contribution in [1.82, 2.24) is 5.32 Å². The number of aliphatic hydroxyl groups is 1. The van der Waals surface area contributed by atoms with E-state index in [4.69, 9.17) is 10.2 Å². The topological polar surface area (TPSA) is 81.9 Å². The van der Waals surface area contributed by atoms with Crippen molar-refractivity contribution in [1.29, 1.82) is 0 Å². The summed E-state index contributed by atoms with van der Waals surface area (Å²) in [7, 11) is 0. The summed E-state index contributed by atoms with van der Waals surface area (Å²) in [6.45, 7) is 4.23. The second-order valence-electron chi connectivity index (χ2n) is 6.52. The zero-order valence-electron chi connectivity index (χ0n) is 15.5. The number of aliphatic carboxylic acids is 1. The van der Waals surface area contributed by atoms with Gasteiger partial charge in [0, 0.05) is 6.54 Å². The number of carboxylic acid groups (broad SMARTS) is 1. The van der Waals surface area contributed by atoms with Gasteiger partial charge in [-0.2, -0.15) is 0 Å². The van der Waals surface area contributed by atoms with Crippen LogP contribution < -0.4 is 5.32 Å². The summed E-state index contributed by atoms with van der Waals surface area (Å²) in [6, 6.07) is 0. The summed E-state index contributed by atoms with van der Waals surface area (Å²) in [5.74, 6) is -1.09. The van der Waals surface area contributed by atoms with Gasteiger partial charge in [0.05, 0.1) is 12.9 Å². The smallest absolute Gasteiger partial charge is 0.332 e. The number of hydrogen-bond acceptors (Lipinski definition) is 4. The van der Waals surface area contributed by atoms with E-state index in [0.29, 0.717) is 6.42 Å². The summed E-state index contributed by atoms with van der Waals surface area (Å²) in [4.78, 5) is 14.2. The molecular formula is C19H38N2O3. The van der Waals surface area contributed by atoms with Crippen LogP contribution in [0.3, 0.4) is 0 Å². The van der Waals surface area contributed by atoms with Crippen molar-refractivity contribution in [3.8, 4) is 0 Å². The Morgan fingerprint density at radius 1 is 1.00 bits per heavy atom. The molecule has 0 aromatic rings. The molecule has 0 amide bonds. The minimum atomic E-state index is -1.16. The number of aliphatic hydroxyl groups excluding tert-OH is 1. The molecule has 0 saturated carbocycles. The Labute approximate surface area is 148 Å². The lowest BCUT2D eigenvalue weighted by molar-refractivity contribution is -0.146. The number of carboxylic acids is 1. The zero-order valence-corrected chi connectivity index (χ0v) is 15.5. The first kappa shape index (κ1) is 22.9. The van der Waals surface area contributed by atoms with Gasteiger partial charge in [-0.15, -0.1) is 0 Å². The van der Waals surface area contributed by atoms with Crippen LogP contribution in [0.25, 0.3) is 0 Å². The first-order chi connectivity index (χ1) is 11.7. The highest BCUT2D eigenvalue weighted by molar-refractivity contribution is 5.71. The molecular weight excluding hydrogens is 304 g/mol. The standard InChI is InChI=1S/C16H32O3.C3H6N2/c1-2-3-4-5-6-7-8-9-10-11-12-13-14-15(17)16(18)19;1-2-5-3-4-1/h15,17H,2-14H2,1H3,(H,18,19);3H,1-2H2,(H,4,5). The summed E-state index contributed by atoms with van der Waals surface area (Å²) in [5, 5.41) is 20.5. The minimum Gasteiger partial charge on any atom is -0.479 e. The second kappa shape index (κ2) is 18.2. The Bertz CT molecular complexity index is 303. The van der Waals surface area contributed by atoms with E-state index in [1.807, 2.05) is 0 Å². The lowest BCUT2D eigenvalue weighted by Crippen LogP contribution is -2.18. The third kappa shape index (κ3) is 17.3. The number of nitrogens with one attached hydrogen (secondary N) is 1. The molecule has 1 heterocycles. The molecule has 5 heteroatoms. The van der Waals surface area contributed by atoms with Crippen molar-refractivity contribution in [3.05, 3.63) is 0 Å². The van der Waals surface area contributed by atoms with Crippen LogP contribution in [0, 0.1) is 0 Å². The van der Waals surface area contributed by atoms with Crippen molar-refractivity contribution in [2.75, 3.05) is 13.1 Å². The van der Waals surface area contributed by atoms with E-state index >= 15 is 0 Å². The Balaban J connectivity index is 0.000000889. The van der Waals surface area contributed by atoms with E-state index in [-0.39, 0.29) is 0 Å². The van der Waals surface area contributed by atoms with E-state index < -0.39 is 12.1 Å². The minimum absolute atomic E-state index is 0.396. The van der Waals surface area contributed by atoms with Crippen LogP contribution >= 0.6 is 0 Å². The van der Waals surface area contributed by atoms with E-state index in [2.05, 4.69) is 17.2 Å². The zero-order chi connectivity index (χ0) is 17.9. The average molecular weight is 343 g/mol. The Morgan fingerprint density at radius 2 is 1.50 bits per heavy atom. The summed E-state index contributed by atoms with van der Waals surface area (Å²) in [5.41, 5.74) is 0. The number of nitrogens with zero attached hydrogens (tertiary/aromatic N) is 1. The van der Waals surface area contributed by atoms with Crippen LogP contribution in [0.5, 0.6) is 0 Å². The molecule has 1 aliphatic heterocycles. The van der Waals surface area contributed by atoms with Gasteiger partial charge in [0.2, 0.25) is 0 Å². The Morgan fingerprint density at radius 3 is 1.83 bits per heavy atom. The highest BCUT2D eigenvalue weighted by Gasteiger charge is 2.11. The van der Waals surface area contributed by atoms with Crippen molar-refractivity contribution < 1.29 is 15.0 Å². The fourth-order valence-corrected chi connectivity index (χ4v) is 2.62. The van der Waals surface area contributed by atoms with E-state index in [1.165, 1.54) is 64.2 Å². The highest BCUT2D eigenvalue weighted by atomic mass is 16.4. The third-order valence-electron chi connectivity index (χ3n) is 4.18. The number of aliphatic imine (C=N–C) groups is 1. The van der Waals surface area contributed by atoms with Gasteiger partial charge < -0.3 is 15.5 Å². The van der Waals surface area contributed by atoms with Gasteiger partial charge >= 0.3 is 5.97 Å². The molecule has 142 valence electrons. The van der Waals surface area contributed by atoms with Gasteiger partial charge in [0.15, 0.2) is 6.10 Å². The van der Waals surface area contributed by atoms with Gasteiger partial charge in [0.1, 0.15) is 0 Å². The maximum atomic E-state index is 10.4. The van der Waals surface area contributed by atoms with Crippen LogP contribution in [-0.4, -0.2) is 41.7 Å². The van der Waals surface area contributed by atoms with Crippen molar-refractivity contribution in [2.24, 2.45) is 4.99 Å². The van der Waals surface area contributed by atoms with Gasteiger partial charge in [-0.1, -0.05) is 84.0 Å². The van der Waals surface area contributed by atoms with Gasteiger partial charge in [-0.05, 0) is 6.42 Å². The van der Waals surface area contributed by atoms with Crippen LogP contribution in [0.4, 0.5) is 0 Å². The molecule has 1 rings (SSSR count). The molecule has 3 N–H and O–H groups in total. The molecule has 1 unspecified atom stereocenters. The number of unbranched alkanes of at least 4 members (excludes halogenated alkanes) is 11. The third-order valence-corrected chi connectivity index (χ3v) is 4.18. The molecule has 1 atom stereocenters. The highest BCUT2D eigenvalue weighted by Crippen LogP contribution is 2.12. The normalized spacial score (nSPS) is 13.9. The maximum Gasteiger partial charge on any atom is 0.332 e. The first-order valence-corrected chi connectivity index (χ1v) is 9.81. The predicted octanol–water partition coefficient (Wildman–Crippen LogP) is 4.14. The quantitative estimate of drug-likeness (QED) is 0.414. The molecule has 0 fully saturated rings. The van der Waals surface area contributed by atoms with Crippen molar-refractivity contribution >= 4 is 12.3 Å². The fraction of sp³-hybridized carbons (Fsp3) is 0.895. The summed E-state index contributed by atoms with van der Waals surface area (Å²) in [6.07, 6.45) is 16.1. The first-order valence-electron chi connectivity index (χ1n) is 9.81. The van der Waals surface area contributed by atoms with E-state index in [0.717, 1.165) is 25.9 Å². The lowest BCUT2D eigenvalue weighted by atomic mass is 10.0. The van der Waals surface area contributed by atoms with Gasteiger partial charge in [0.25, 0.3) is 0 Å². The van der Waals surface area contributed by atoms with Gasteiger partial charge in [-0.3, -0.25) is 4.99 Å². The van der Waals surface area contributed by atoms with Crippen molar-refractivity contribution in [2.45, 2.75) is 96.5 Å². The summed E-state index contributed by atoms with van der Waals surface area (Å²) < 4.78 is 0. The molecule has 0 saturated heterocycles. The average Bonchev–Trinajstić information content (AvgIpc) is 3.15. The van der Waals surface area contributed by atoms with Crippen LogP contribution in [0.1, 0.15) is 90.4 Å². The van der Waals surface area contributed by atoms with Crippen LogP contribution in [-0.2, 0) is 4.79 Å². The lowest BCUT2D eigenvalue weighted by Gasteiger charge is -2.05. The molecule has 0 radical (unpaired) electrons. The molecule has 0 spiro atoms. The van der Waals surface area contributed by atoms with Crippen LogP contribution in [0.2, 0.25) is 0 Å². The maximum absolute atomic E-state index is 10.4. The largest absolute Gasteiger partial charge is 0.479 e. The Kier molecular flexibility index (Phi) is 17.4. The molecule has 0 aliphatic carbocycles. The van der Waals surface area contributed by atoms with Crippen LogP contribution in [0.15, 0.2) is 4.99 Å². The molecule has 24 heavy (non-hydrogen) atoms. The molecule has 0 aromatic heterocycles. The molecule has 0 bridgehead atoms. The number of hydrogen-bond donors (Lipinski definition) is 3. The molecule has 0 aromatic carbocycles. The second-order valence-corrected chi connectivity index (χ2v) is 6.52. The van der Waals surface area contributed by atoms with E-state index in [9.17, 15) is 4.79 Å². The number of carbonyl (C=O) groups is 1. The molecule has 1 aliphatic rings. The SMILES string of the molecule is C1=NCCN1.CCCCCCCCCCCCCCC(O)C(=O)O. The fourth-order valence-electron chi connectivity index (χ4n) is 2.62.